The lowest BCUT2D eigenvalue weighted by molar-refractivity contribution is -0.198. The number of fused-ring (bicyclic) bond motifs is 2. The van der Waals surface area contributed by atoms with Crippen molar-refractivity contribution in [3.8, 4) is 0 Å². The van der Waals surface area contributed by atoms with Crippen LogP contribution in [0.5, 0.6) is 0 Å². The lowest BCUT2D eigenvalue weighted by atomic mass is 9.59. The van der Waals surface area contributed by atoms with Crippen molar-refractivity contribution in [1.82, 2.24) is 0 Å². The molecule has 0 aromatic carbocycles. The van der Waals surface area contributed by atoms with Gasteiger partial charge in [-0.05, 0) is 63.7 Å². The maximum atomic E-state index is 12.6. The summed E-state index contributed by atoms with van der Waals surface area (Å²) in [6, 6.07) is 0. The molecule has 4 unspecified atom stereocenters. The standard InChI is InChI=1S/C18H32O2/c1-6-17(4,5)16(19)20-18(7-2)13(3)11-14-9-8-10-15(18)12-14/h13-15H,6-12H2,1-5H3. The summed E-state index contributed by atoms with van der Waals surface area (Å²) in [6.07, 6.45) is 8.27. The van der Waals surface area contributed by atoms with Gasteiger partial charge in [0.15, 0.2) is 0 Å². The van der Waals surface area contributed by atoms with Crippen LogP contribution in [0.15, 0.2) is 0 Å². The largest absolute Gasteiger partial charge is 0.458 e. The highest BCUT2D eigenvalue weighted by Gasteiger charge is 2.52. The second-order valence-electron chi connectivity index (χ2n) is 7.80. The van der Waals surface area contributed by atoms with Crippen LogP contribution in [0.2, 0.25) is 0 Å². The zero-order valence-corrected chi connectivity index (χ0v) is 14.0. The van der Waals surface area contributed by atoms with Gasteiger partial charge in [0.1, 0.15) is 5.60 Å². The number of ether oxygens (including phenoxy) is 1. The summed E-state index contributed by atoms with van der Waals surface area (Å²) in [4.78, 5) is 12.6. The van der Waals surface area contributed by atoms with E-state index < -0.39 is 0 Å². The molecule has 0 amide bonds. The minimum atomic E-state index is -0.354. The van der Waals surface area contributed by atoms with Crippen LogP contribution >= 0.6 is 0 Å². The first kappa shape index (κ1) is 15.9. The zero-order chi connectivity index (χ0) is 15.0. The minimum Gasteiger partial charge on any atom is -0.458 e. The van der Waals surface area contributed by atoms with E-state index in [1.807, 2.05) is 13.8 Å². The molecule has 0 aliphatic heterocycles. The van der Waals surface area contributed by atoms with Crippen molar-refractivity contribution in [1.29, 1.82) is 0 Å². The molecule has 20 heavy (non-hydrogen) atoms. The lowest BCUT2D eigenvalue weighted by Gasteiger charge is -2.53. The molecule has 2 bridgehead atoms. The average Bonchev–Trinajstić information content (AvgIpc) is 2.43. The molecule has 2 fully saturated rings. The molecule has 0 saturated heterocycles. The van der Waals surface area contributed by atoms with Gasteiger partial charge in [0, 0.05) is 0 Å². The molecular formula is C18H32O2. The van der Waals surface area contributed by atoms with Gasteiger partial charge in [-0.25, -0.2) is 0 Å². The molecule has 0 aromatic rings. The van der Waals surface area contributed by atoms with E-state index in [1.165, 1.54) is 32.1 Å². The molecule has 116 valence electrons. The Morgan fingerprint density at radius 3 is 2.55 bits per heavy atom. The van der Waals surface area contributed by atoms with Gasteiger partial charge in [-0.1, -0.05) is 33.6 Å². The molecule has 2 nitrogen and oxygen atoms in total. The van der Waals surface area contributed by atoms with Gasteiger partial charge in [-0.3, -0.25) is 4.79 Å². The molecule has 2 aliphatic rings. The minimum absolute atomic E-state index is 0.0118. The van der Waals surface area contributed by atoms with Crippen LogP contribution < -0.4 is 0 Å². The summed E-state index contributed by atoms with van der Waals surface area (Å²) in [5, 5.41) is 0. The second-order valence-corrected chi connectivity index (χ2v) is 7.80. The molecule has 0 N–H and O–H groups in total. The predicted octanol–water partition coefficient (Wildman–Crippen LogP) is 4.96. The Balaban J connectivity index is 2.21. The maximum Gasteiger partial charge on any atom is 0.312 e. The summed E-state index contributed by atoms with van der Waals surface area (Å²) >= 11 is 0. The van der Waals surface area contributed by atoms with Crippen LogP contribution in [0.3, 0.4) is 0 Å². The van der Waals surface area contributed by atoms with Crippen molar-refractivity contribution >= 4 is 5.97 Å². The SMILES string of the molecule is CCC(C)(C)C(=O)OC1(CC)C(C)CC2CCCC1C2. The molecular weight excluding hydrogens is 248 g/mol. The topological polar surface area (TPSA) is 26.3 Å². The smallest absolute Gasteiger partial charge is 0.312 e. The molecule has 0 aromatic heterocycles. The summed E-state index contributed by atoms with van der Waals surface area (Å²) in [6.45, 7) is 10.6. The molecule has 0 spiro atoms. The van der Waals surface area contributed by atoms with Crippen LogP contribution in [-0.2, 0) is 9.53 Å². The molecule has 2 aliphatic carbocycles. The third kappa shape index (κ3) is 2.63. The van der Waals surface area contributed by atoms with Gasteiger partial charge in [0.25, 0.3) is 0 Å². The predicted molar refractivity (Wildman–Crippen MR) is 82.4 cm³/mol. The summed E-state index contributed by atoms with van der Waals surface area (Å²) in [5.41, 5.74) is -0.548. The lowest BCUT2D eigenvalue weighted by Crippen LogP contribution is -2.54. The Morgan fingerprint density at radius 2 is 1.95 bits per heavy atom. The van der Waals surface area contributed by atoms with Crippen LogP contribution in [0.4, 0.5) is 0 Å². The Morgan fingerprint density at radius 1 is 1.25 bits per heavy atom. The Bertz CT molecular complexity index is 358. The van der Waals surface area contributed by atoms with Crippen LogP contribution in [0.25, 0.3) is 0 Å². The monoisotopic (exact) mass is 280 g/mol. The van der Waals surface area contributed by atoms with E-state index in [-0.39, 0.29) is 17.0 Å². The van der Waals surface area contributed by atoms with Crippen molar-refractivity contribution in [3.05, 3.63) is 0 Å². The third-order valence-corrected chi connectivity index (χ3v) is 6.27. The number of rotatable bonds is 4. The Kier molecular flexibility index (Phi) is 4.51. The average molecular weight is 280 g/mol. The van der Waals surface area contributed by atoms with Crippen molar-refractivity contribution in [2.45, 2.75) is 85.2 Å². The van der Waals surface area contributed by atoms with Crippen molar-refractivity contribution in [2.24, 2.45) is 23.2 Å². The van der Waals surface area contributed by atoms with E-state index in [0.29, 0.717) is 11.8 Å². The molecule has 2 rings (SSSR count). The van der Waals surface area contributed by atoms with Gasteiger partial charge in [-0.2, -0.15) is 0 Å². The summed E-state index contributed by atoms with van der Waals surface area (Å²) in [7, 11) is 0. The number of hydrogen-bond donors (Lipinski definition) is 0. The molecule has 4 atom stereocenters. The van der Waals surface area contributed by atoms with Gasteiger partial charge in [-0.15, -0.1) is 0 Å². The van der Waals surface area contributed by atoms with E-state index in [4.69, 9.17) is 4.74 Å². The Labute approximate surface area is 124 Å². The van der Waals surface area contributed by atoms with E-state index >= 15 is 0 Å². The van der Waals surface area contributed by atoms with Crippen molar-refractivity contribution < 1.29 is 9.53 Å². The van der Waals surface area contributed by atoms with Crippen LogP contribution in [0.1, 0.15) is 79.6 Å². The quantitative estimate of drug-likeness (QED) is 0.680. The van der Waals surface area contributed by atoms with E-state index in [1.54, 1.807) is 0 Å². The van der Waals surface area contributed by atoms with Crippen molar-refractivity contribution in [3.63, 3.8) is 0 Å². The number of hydrogen-bond acceptors (Lipinski definition) is 2. The molecule has 0 heterocycles. The Hall–Kier alpha value is -0.530. The van der Waals surface area contributed by atoms with Gasteiger partial charge >= 0.3 is 5.97 Å². The van der Waals surface area contributed by atoms with E-state index in [2.05, 4.69) is 20.8 Å². The third-order valence-electron chi connectivity index (χ3n) is 6.27. The highest BCUT2D eigenvalue weighted by atomic mass is 16.6. The molecule has 2 saturated carbocycles. The first-order chi connectivity index (χ1) is 9.35. The highest BCUT2D eigenvalue weighted by molar-refractivity contribution is 5.76. The first-order valence-corrected chi connectivity index (χ1v) is 8.59. The van der Waals surface area contributed by atoms with Crippen LogP contribution in [-0.4, -0.2) is 11.6 Å². The van der Waals surface area contributed by atoms with Crippen LogP contribution in [0, 0.1) is 23.2 Å². The fraction of sp³-hybridized carbons (Fsp3) is 0.944. The normalized spacial score (nSPS) is 37.5. The zero-order valence-electron chi connectivity index (χ0n) is 14.0. The number of carbonyl (C=O) groups excluding carboxylic acids is 1. The number of esters is 1. The van der Waals surface area contributed by atoms with Crippen molar-refractivity contribution in [2.75, 3.05) is 0 Å². The fourth-order valence-corrected chi connectivity index (χ4v) is 4.40. The summed E-state index contributed by atoms with van der Waals surface area (Å²) < 4.78 is 6.24. The summed E-state index contributed by atoms with van der Waals surface area (Å²) in [5.74, 6) is 1.98. The number of carbonyl (C=O) groups is 1. The second kappa shape index (κ2) is 5.69. The van der Waals surface area contributed by atoms with E-state index in [0.717, 1.165) is 18.8 Å². The van der Waals surface area contributed by atoms with E-state index in [9.17, 15) is 4.79 Å². The first-order valence-electron chi connectivity index (χ1n) is 8.59. The maximum absolute atomic E-state index is 12.6. The van der Waals surface area contributed by atoms with Gasteiger partial charge in [0.05, 0.1) is 5.41 Å². The van der Waals surface area contributed by atoms with Gasteiger partial charge in [0.2, 0.25) is 0 Å². The highest BCUT2D eigenvalue weighted by Crippen LogP contribution is 2.52. The molecule has 2 heteroatoms. The molecule has 0 radical (unpaired) electrons. The fourth-order valence-electron chi connectivity index (χ4n) is 4.40. The van der Waals surface area contributed by atoms with Gasteiger partial charge < -0.3 is 4.74 Å².